The second-order valence-corrected chi connectivity index (χ2v) is 11.8. The van der Waals surface area contributed by atoms with Crippen LogP contribution in [0.1, 0.15) is 46.1 Å². The molecular formula is C29H32FN5O8. The summed E-state index contributed by atoms with van der Waals surface area (Å²) in [5.74, 6) is -0.638. The molecule has 0 saturated heterocycles. The van der Waals surface area contributed by atoms with Gasteiger partial charge in [0.25, 0.3) is 0 Å². The number of carbonyl (C=O) groups excluding carboxylic acids is 2. The van der Waals surface area contributed by atoms with Crippen LogP contribution in [0.15, 0.2) is 24.5 Å². The molecular weight excluding hydrogens is 565 g/mol. The van der Waals surface area contributed by atoms with E-state index in [2.05, 4.69) is 20.6 Å². The van der Waals surface area contributed by atoms with Gasteiger partial charge >= 0.3 is 18.3 Å². The van der Waals surface area contributed by atoms with E-state index in [1.807, 2.05) is 0 Å². The molecule has 4 N–H and O–H groups in total. The van der Waals surface area contributed by atoms with Crippen molar-refractivity contribution in [1.82, 2.24) is 9.97 Å². The van der Waals surface area contributed by atoms with Gasteiger partial charge in [0.05, 0.1) is 17.8 Å². The first-order valence-electron chi connectivity index (χ1n) is 13.6. The monoisotopic (exact) mass is 597 g/mol. The lowest BCUT2D eigenvalue weighted by molar-refractivity contribution is -0.100. The first kappa shape index (κ1) is 29.8. The maximum Gasteiger partial charge on any atom is 0.413 e. The number of carbonyl (C=O) groups is 3. The van der Waals surface area contributed by atoms with Crippen LogP contribution in [-0.4, -0.2) is 68.9 Å². The molecule has 3 amide bonds. The number of halogens is 1. The van der Waals surface area contributed by atoms with Crippen LogP contribution in [0.2, 0.25) is 0 Å². The van der Waals surface area contributed by atoms with Crippen LogP contribution >= 0.6 is 0 Å². The summed E-state index contributed by atoms with van der Waals surface area (Å²) >= 11 is 0. The molecule has 1 aromatic carbocycles. The third kappa shape index (κ3) is 6.23. The quantitative estimate of drug-likeness (QED) is 0.304. The molecule has 43 heavy (non-hydrogen) atoms. The number of benzene rings is 1. The smallest absolute Gasteiger partial charge is 0.413 e. The Morgan fingerprint density at radius 1 is 1.12 bits per heavy atom. The maximum absolute atomic E-state index is 16.3. The van der Waals surface area contributed by atoms with Gasteiger partial charge in [-0.05, 0) is 57.7 Å². The van der Waals surface area contributed by atoms with Crippen LogP contribution in [0.4, 0.5) is 36.0 Å². The Morgan fingerprint density at radius 2 is 1.84 bits per heavy atom. The lowest BCUT2D eigenvalue weighted by Crippen LogP contribution is -2.47. The van der Waals surface area contributed by atoms with E-state index in [4.69, 9.17) is 14.2 Å². The molecule has 14 heteroatoms. The van der Waals surface area contributed by atoms with Gasteiger partial charge in [-0.3, -0.25) is 15.5 Å². The van der Waals surface area contributed by atoms with Gasteiger partial charge in [-0.15, -0.1) is 0 Å². The Hall–Kier alpha value is -4.72. The normalized spacial score (nSPS) is 19.5. The molecule has 1 saturated carbocycles. The van der Waals surface area contributed by atoms with Gasteiger partial charge in [0, 0.05) is 41.7 Å². The summed E-state index contributed by atoms with van der Waals surface area (Å²) < 4.78 is 32.5. The Morgan fingerprint density at radius 3 is 2.49 bits per heavy atom. The second-order valence-electron chi connectivity index (χ2n) is 11.8. The van der Waals surface area contributed by atoms with E-state index >= 15 is 4.39 Å². The highest BCUT2D eigenvalue weighted by atomic mass is 19.1. The van der Waals surface area contributed by atoms with Gasteiger partial charge in [-0.25, -0.2) is 28.7 Å². The minimum absolute atomic E-state index is 0.00121. The number of nitrogens with one attached hydrogen (secondary N) is 2. The Bertz CT molecular complexity index is 1630. The molecule has 228 valence electrons. The summed E-state index contributed by atoms with van der Waals surface area (Å²) in [7, 11) is 0. The van der Waals surface area contributed by atoms with Gasteiger partial charge in [-0.1, -0.05) is 0 Å². The zero-order valence-corrected chi connectivity index (χ0v) is 24.3. The van der Waals surface area contributed by atoms with Crippen LogP contribution < -0.4 is 20.3 Å². The van der Waals surface area contributed by atoms with E-state index in [1.54, 1.807) is 34.6 Å². The Labute approximate surface area is 246 Å². The van der Waals surface area contributed by atoms with Crippen molar-refractivity contribution in [3.05, 3.63) is 35.9 Å². The third-order valence-electron chi connectivity index (χ3n) is 7.04. The van der Waals surface area contributed by atoms with Gasteiger partial charge in [-0.2, -0.15) is 0 Å². The van der Waals surface area contributed by atoms with Crippen molar-refractivity contribution >= 4 is 46.2 Å². The highest BCUT2D eigenvalue weighted by Crippen LogP contribution is 2.42. The fourth-order valence-corrected chi connectivity index (χ4v) is 5.15. The molecule has 1 aliphatic carbocycles. The van der Waals surface area contributed by atoms with Gasteiger partial charge in [0.2, 0.25) is 5.88 Å². The minimum atomic E-state index is -1.21. The summed E-state index contributed by atoms with van der Waals surface area (Å²) in [6, 6.07) is 2.96. The number of aliphatic hydroxyl groups is 1. The van der Waals surface area contributed by atoms with E-state index in [0.717, 1.165) is 4.90 Å². The summed E-state index contributed by atoms with van der Waals surface area (Å²) in [6.07, 6.45) is -0.0449. The molecule has 2 aromatic heterocycles. The molecule has 3 heterocycles. The molecule has 1 aliphatic heterocycles. The van der Waals surface area contributed by atoms with E-state index in [9.17, 15) is 24.6 Å². The van der Waals surface area contributed by atoms with Crippen LogP contribution in [-0.2, 0) is 9.47 Å². The predicted molar refractivity (Wildman–Crippen MR) is 154 cm³/mol. The molecule has 0 bridgehead atoms. The van der Waals surface area contributed by atoms with E-state index < -0.39 is 41.4 Å². The van der Waals surface area contributed by atoms with Gasteiger partial charge < -0.3 is 24.4 Å². The number of hydrogen-bond donors (Lipinski definition) is 4. The van der Waals surface area contributed by atoms with Crippen molar-refractivity contribution in [2.24, 2.45) is 0 Å². The summed E-state index contributed by atoms with van der Waals surface area (Å²) in [5.41, 5.74) is -1.14. The first-order chi connectivity index (χ1) is 20.1. The summed E-state index contributed by atoms with van der Waals surface area (Å²) in [4.78, 5) is 46.7. The number of rotatable bonds is 4. The highest BCUT2D eigenvalue weighted by Gasteiger charge is 2.41. The van der Waals surface area contributed by atoms with E-state index in [-0.39, 0.29) is 52.7 Å². The lowest BCUT2D eigenvalue weighted by Gasteiger charge is -2.39. The average Bonchev–Trinajstić information content (AvgIpc) is 2.88. The van der Waals surface area contributed by atoms with Crippen LogP contribution in [0.3, 0.4) is 0 Å². The maximum atomic E-state index is 16.3. The number of hydrogen-bond acceptors (Lipinski definition) is 9. The molecule has 0 unspecified atom stereocenters. The van der Waals surface area contributed by atoms with Crippen molar-refractivity contribution in [1.29, 1.82) is 0 Å². The fourth-order valence-electron chi connectivity index (χ4n) is 5.15. The summed E-state index contributed by atoms with van der Waals surface area (Å²) in [5, 5.41) is 25.2. The SMILES string of the molecule is Cc1c(-c2cc3cc(NC(=O)OC4CC(C)(O)C4)ncc3c(NC(=O)OC(C)(C)C)c2F)cnc2c1N(C(=O)O)CCO2. The number of carboxylic acid groups (broad SMARTS) is 1. The summed E-state index contributed by atoms with van der Waals surface area (Å²) in [6.45, 7) is 8.46. The molecule has 13 nitrogen and oxygen atoms in total. The van der Waals surface area contributed by atoms with Crippen molar-refractivity contribution in [3.63, 3.8) is 0 Å². The highest BCUT2D eigenvalue weighted by molar-refractivity contribution is 6.04. The number of amides is 3. The van der Waals surface area contributed by atoms with Gasteiger partial charge in [0.1, 0.15) is 29.8 Å². The molecule has 3 aromatic rings. The zero-order chi connectivity index (χ0) is 31.3. The number of anilines is 3. The lowest BCUT2D eigenvalue weighted by atomic mass is 9.79. The number of fused-ring (bicyclic) bond motifs is 2. The van der Waals surface area contributed by atoms with Crippen LogP contribution in [0, 0.1) is 12.7 Å². The topological polar surface area (TPSA) is 172 Å². The third-order valence-corrected chi connectivity index (χ3v) is 7.04. The van der Waals surface area contributed by atoms with Crippen LogP contribution in [0.5, 0.6) is 5.88 Å². The first-order valence-corrected chi connectivity index (χ1v) is 13.6. The standard InChI is InChI=1S/C29H32FN5O8/c1-14-18(12-32-24-23(14)35(27(38)39)6-7-41-24)17-8-15-9-20(33-25(36)42-16-10-29(5,40)11-16)31-13-19(15)22(21(17)30)34-26(37)43-28(2,3)4/h8-9,12-13,16,40H,6-7,10-11H2,1-5H3,(H,34,37)(H,38,39)(H,31,33,36). The molecule has 1 fully saturated rings. The zero-order valence-electron chi connectivity index (χ0n) is 24.3. The fraction of sp³-hybridized carbons (Fsp3) is 0.414. The van der Waals surface area contributed by atoms with Crippen LogP contribution in [0.25, 0.3) is 21.9 Å². The number of pyridine rings is 2. The molecule has 0 spiro atoms. The minimum Gasteiger partial charge on any atom is -0.474 e. The van der Waals surface area contributed by atoms with E-state index in [0.29, 0.717) is 23.8 Å². The van der Waals surface area contributed by atoms with Crippen molar-refractivity contribution in [2.75, 3.05) is 28.7 Å². The Kier molecular flexibility index (Phi) is 7.50. The number of aromatic nitrogens is 2. The van der Waals surface area contributed by atoms with Crippen molar-refractivity contribution < 1.29 is 43.2 Å². The largest absolute Gasteiger partial charge is 0.474 e. The molecule has 5 rings (SSSR count). The van der Waals surface area contributed by atoms with Crippen molar-refractivity contribution in [2.45, 2.75) is 64.8 Å². The number of nitrogens with zero attached hydrogens (tertiary/aromatic N) is 3. The molecule has 0 atom stereocenters. The Balaban J connectivity index is 1.58. The molecule has 2 aliphatic rings. The van der Waals surface area contributed by atoms with E-state index in [1.165, 1.54) is 24.5 Å². The molecule has 0 radical (unpaired) electrons. The number of ether oxygens (including phenoxy) is 3. The second kappa shape index (κ2) is 10.8. The van der Waals surface area contributed by atoms with Gasteiger partial charge in [0.15, 0.2) is 5.82 Å². The average molecular weight is 598 g/mol. The predicted octanol–water partition coefficient (Wildman–Crippen LogP) is 5.43. The van der Waals surface area contributed by atoms with Crippen molar-refractivity contribution in [3.8, 4) is 17.0 Å².